The Morgan fingerprint density at radius 3 is 3.16 bits per heavy atom. The first-order valence-electron chi connectivity index (χ1n) is 6.64. The van der Waals surface area contributed by atoms with Gasteiger partial charge in [0.2, 0.25) is 0 Å². The quantitative estimate of drug-likeness (QED) is 0.529. The van der Waals surface area contributed by atoms with Crippen LogP contribution in [0.4, 0.5) is 5.69 Å². The Hall–Kier alpha value is -1.59. The maximum Gasteiger partial charge on any atom is 0.176 e. The molecule has 0 saturated carbocycles. The van der Waals surface area contributed by atoms with Gasteiger partial charge in [0, 0.05) is 12.1 Å². The third-order valence-corrected chi connectivity index (χ3v) is 3.14. The van der Waals surface area contributed by atoms with Crippen molar-refractivity contribution in [2.45, 2.75) is 19.4 Å². The molecule has 1 aromatic carbocycles. The van der Waals surface area contributed by atoms with Crippen LogP contribution in [-0.4, -0.2) is 43.2 Å². The Morgan fingerprint density at radius 2 is 2.42 bits per heavy atom. The molecule has 0 aromatic heterocycles. The van der Waals surface area contributed by atoms with Crippen molar-refractivity contribution < 1.29 is 14.6 Å². The lowest BCUT2D eigenvalue weighted by molar-refractivity contribution is 0.0989. The third-order valence-electron chi connectivity index (χ3n) is 3.14. The van der Waals surface area contributed by atoms with Gasteiger partial charge < -0.3 is 20.5 Å². The summed E-state index contributed by atoms with van der Waals surface area (Å²) in [4.78, 5) is 11.9. The highest BCUT2D eigenvalue weighted by molar-refractivity contribution is 5.98. The number of hydrogen-bond donors (Lipinski definition) is 3. The highest BCUT2D eigenvalue weighted by Crippen LogP contribution is 2.30. The fraction of sp³-hybridized carbons (Fsp3) is 0.500. The maximum absolute atomic E-state index is 11.9. The van der Waals surface area contributed by atoms with E-state index in [2.05, 4.69) is 17.6 Å². The first-order chi connectivity index (χ1) is 9.24. The second-order valence-corrected chi connectivity index (χ2v) is 4.56. The summed E-state index contributed by atoms with van der Waals surface area (Å²) in [6.07, 6.45) is 1.15. The Morgan fingerprint density at radius 1 is 1.58 bits per heavy atom. The van der Waals surface area contributed by atoms with Crippen molar-refractivity contribution in [3.63, 3.8) is 0 Å². The molecule has 0 aliphatic carbocycles. The van der Waals surface area contributed by atoms with Gasteiger partial charge in [0.1, 0.15) is 11.9 Å². The topological polar surface area (TPSA) is 70.6 Å². The van der Waals surface area contributed by atoms with E-state index in [9.17, 15) is 4.79 Å². The number of benzene rings is 1. The van der Waals surface area contributed by atoms with Gasteiger partial charge in [-0.15, -0.1) is 0 Å². The zero-order valence-corrected chi connectivity index (χ0v) is 11.1. The Kier molecular flexibility index (Phi) is 4.76. The van der Waals surface area contributed by atoms with Gasteiger partial charge in [-0.1, -0.05) is 6.92 Å². The molecule has 1 heterocycles. The number of aliphatic hydroxyl groups is 1. The van der Waals surface area contributed by atoms with E-state index in [-0.39, 0.29) is 25.0 Å². The fourth-order valence-corrected chi connectivity index (χ4v) is 2.00. The molecule has 2 rings (SSSR count). The van der Waals surface area contributed by atoms with Crippen molar-refractivity contribution in [3.8, 4) is 5.75 Å². The molecule has 5 nitrogen and oxygen atoms in total. The normalized spacial score (nSPS) is 17.3. The molecule has 0 spiro atoms. The van der Waals surface area contributed by atoms with E-state index in [1.165, 1.54) is 0 Å². The van der Waals surface area contributed by atoms with Crippen molar-refractivity contribution in [3.05, 3.63) is 23.8 Å². The Labute approximate surface area is 113 Å². The summed E-state index contributed by atoms with van der Waals surface area (Å²) in [5, 5.41) is 14.8. The van der Waals surface area contributed by atoms with Gasteiger partial charge >= 0.3 is 0 Å². The van der Waals surface area contributed by atoms with Crippen molar-refractivity contribution in [2.24, 2.45) is 0 Å². The molecular formula is C14H20N2O3. The van der Waals surface area contributed by atoms with Gasteiger partial charge in [-0.25, -0.2) is 0 Å². The van der Waals surface area contributed by atoms with E-state index in [1.54, 1.807) is 6.07 Å². The van der Waals surface area contributed by atoms with Crippen LogP contribution in [0.2, 0.25) is 0 Å². The summed E-state index contributed by atoms with van der Waals surface area (Å²) in [5.41, 5.74) is 1.52. The minimum Gasteiger partial charge on any atom is -0.486 e. The summed E-state index contributed by atoms with van der Waals surface area (Å²) in [6, 6.07) is 5.44. The molecule has 0 radical (unpaired) electrons. The second-order valence-electron chi connectivity index (χ2n) is 4.56. The maximum atomic E-state index is 11.9. The molecule has 104 valence electrons. The lowest BCUT2D eigenvalue weighted by Crippen LogP contribution is -2.30. The molecule has 19 heavy (non-hydrogen) atoms. The zero-order valence-electron chi connectivity index (χ0n) is 11.1. The summed E-state index contributed by atoms with van der Waals surface area (Å²) >= 11 is 0. The predicted molar refractivity (Wildman–Crippen MR) is 73.9 cm³/mol. The van der Waals surface area contributed by atoms with E-state index in [0.717, 1.165) is 24.4 Å². The van der Waals surface area contributed by atoms with Crippen LogP contribution in [0.1, 0.15) is 23.7 Å². The molecule has 0 fully saturated rings. The minimum atomic E-state index is 0.00987. The molecule has 5 heteroatoms. The van der Waals surface area contributed by atoms with Crippen LogP contribution in [0, 0.1) is 0 Å². The monoisotopic (exact) mass is 264 g/mol. The largest absolute Gasteiger partial charge is 0.486 e. The van der Waals surface area contributed by atoms with Crippen LogP contribution in [0.3, 0.4) is 0 Å². The zero-order chi connectivity index (χ0) is 13.7. The van der Waals surface area contributed by atoms with Gasteiger partial charge in [-0.3, -0.25) is 4.79 Å². The molecule has 1 unspecified atom stereocenters. The number of ether oxygens (including phenoxy) is 1. The van der Waals surface area contributed by atoms with Crippen LogP contribution in [0.25, 0.3) is 0 Å². The van der Waals surface area contributed by atoms with Crippen LogP contribution in [0.5, 0.6) is 5.75 Å². The number of carbonyl (C=O) groups excluding carboxylic acids is 1. The SMILES string of the molecule is CCC1CNc2cc(C(=O)CNCCO)ccc2O1. The summed E-state index contributed by atoms with van der Waals surface area (Å²) in [6.45, 7) is 3.55. The summed E-state index contributed by atoms with van der Waals surface area (Å²) in [5.74, 6) is 0.814. The smallest absolute Gasteiger partial charge is 0.176 e. The number of aliphatic hydroxyl groups excluding tert-OH is 1. The number of carbonyl (C=O) groups is 1. The van der Waals surface area contributed by atoms with Gasteiger partial charge in [0.15, 0.2) is 5.78 Å². The standard InChI is InChI=1S/C14H20N2O3/c1-2-11-8-16-12-7-10(3-4-14(12)19-11)13(18)9-15-5-6-17/h3-4,7,11,15-17H,2,5-6,8-9H2,1H3. The molecule has 3 N–H and O–H groups in total. The van der Waals surface area contributed by atoms with Gasteiger partial charge in [-0.2, -0.15) is 0 Å². The van der Waals surface area contributed by atoms with Crippen LogP contribution in [-0.2, 0) is 0 Å². The number of hydrogen-bond acceptors (Lipinski definition) is 5. The first-order valence-corrected chi connectivity index (χ1v) is 6.64. The lowest BCUT2D eigenvalue weighted by Gasteiger charge is -2.26. The van der Waals surface area contributed by atoms with Crippen molar-refractivity contribution in [1.82, 2.24) is 5.32 Å². The van der Waals surface area contributed by atoms with Gasteiger partial charge in [-0.05, 0) is 24.6 Å². The first kappa shape index (κ1) is 13.8. The van der Waals surface area contributed by atoms with E-state index in [0.29, 0.717) is 12.1 Å². The van der Waals surface area contributed by atoms with Gasteiger partial charge in [0.05, 0.1) is 25.4 Å². The molecule has 0 bridgehead atoms. The Balaban J connectivity index is 2.03. The van der Waals surface area contributed by atoms with E-state index >= 15 is 0 Å². The highest BCUT2D eigenvalue weighted by Gasteiger charge is 2.18. The van der Waals surface area contributed by atoms with E-state index in [4.69, 9.17) is 9.84 Å². The predicted octanol–water partition coefficient (Wildman–Crippen LogP) is 1.03. The number of Topliss-reactive ketones (excluding diaryl/α,β-unsaturated/α-hetero) is 1. The number of anilines is 1. The average molecular weight is 264 g/mol. The molecule has 1 aromatic rings. The third kappa shape index (κ3) is 3.45. The molecular weight excluding hydrogens is 244 g/mol. The molecule has 1 atom stereocenters. The van der Waals surface area contributed by atoms with Crippen LogP contribution in [0.15, 0.2) is 18.2 Å². The number of nitrogens with one attached hydrogen (secondary N) is 2. The van der Waals surface area contributed by atoms with Crippen LogP contribution >= 0.6 is 0 Å². The average Bonchev–Trinajstić information content (AvgIpc) is 2.46. The lowest BCUT2D eigenvalue weighted by atomic mass is 10.1. The van der Waals surface area contributed by atoms with Gasteiger partial charge in [0.25, 0.3) is 0 Å². The minimum absolute atomic E-state index is 0.00987. The summed E-state index contributed by atoms with van der Waals surface area (Å²) < 4.78 is 5.79. The number of ketones is 1. The molecule has 0 amide bonds. The molecule has 1 aliphatic heterocycles. The van der Waals surface area contributed by atoms with E-state index < -0.39 is 0 Å². The summed E-state index contributed by atoms with van der Waals surface area (Å²) in [7, 11) is 0. The second kappa shape index (κ2) is 6.54. The fourth-order valence-electron chi connectivity index (χ4n) is 2.00. The van der Waals surface area contributed by atoms with Crippen molar-refractivity contribution >= 4 is 11.5 Å². The van der Waals surface area contributed by atoms with Crippen molar-refractivity contribution in [2.75, 3.05) is 31.6 Å². The van der Waals surface area contributed by atoms with Crippen molar-refractivity contribution in [1.29, 1.82) is 0 Å². The number of fused-ring (bicyclic) bond motifs is 1. The molecule has 1 aliphatic rings. The van der Waals surface area contributed by atoms with Crippen LogP contribution < -0.4 is 15.4 Å². The number of rotatable bonds is 6. The highest BCUT2D eigenvalue weighted by atomic mass is 16.5. The Bertz CT molecular complexity index is 448. The molecule has 0 saturated heterocycles. The van der Waals surface area contributed by atoms with E-state index in [1.807, 2.05) is 12.1 Å².